The first-order valence-electron chi connectivity index (χ1n) is 8.01. The first kappa shape index (κ1) is 17.9. The molecule has 0 unspecified atom stereocenters. The summed E-state index contributed by atoms with van der Waals surface area (Å²) in [5.41, 5.74) is 0.965. The van der Waals surface area contributed by atoms with Crippen LogP contribution in [0.25, 0.3) is 0 Å². The van der Waals surface area contributed by atoms with Crippen LogP contribution in [-0.4, -0.2) is 40.8 Å². The van der Waals surface area contributed by atoms with Gasteiger partial charge in [-0.1, -0.05) is 17.7 Å². The Hall–Kier alpha value is -2.93. The fraction of sp³-hybridized carbons (Fsp3) is 0.222. The van der Waals surface area contributed by atoms with E-state index in [-0.39, 0.29) is 17.5 Å². The first-order chi connectivity index (χ1) is 12.4. The van der Waals surface area contributed by atoms with E-state index in [1.807, 2.05) is 0 Å². The molecule has 0 radical (unpaired) electrons. The fourth-order valence-corrected chi connectivity index (χ4v) is 3.14. The second kappa shape index (κ2) is 7.13. The van der Waals surface area contributed by atoms with Crippen LogP contribution in [0.1, 0.15) is 17.3 Å². The molecule has 26 heavy (non-hydrogen) atoms. The minimum absolute atomic E-state index is 0.0379. The maximum atomic E-state index is 12.7. The zero-order valence-corrected chi connectivity index (χ0v) is 14.7. The summed E-state index contributed by atoms with van der Waals surface area (Å²) in [5, 5.41) is 11.2. The second-order valence-electron chi connectivity index (χ2n) is 5.95. The van der Waals surface area contributed by atoms with Crippen LogP contribution < -0.4 is 4.90 Å². The van der Waals surface area contributed by atoms with Crippen molar-refractivity contribution < 1.29 is 14.5 Å². The first-order valence-corrected chi connectivity index (χ1v) is 8.38. The van der Waals surface area contributed by atoms with Gasteiger partial charge in [-0.15, -0.1) is 0 Å². The normalized spacial score (nSPS) is 17.3. The number of hydrogen-bond donors (Lipinski definition) is 0. The van der Waals surface area contributed by atoms with Gasteiger partial charge in [-0.2, -0.15) is 0 Å². The van der Waals surface area contributed by atoms with Crippen molar-refractivity contribution in [2.75, 3.05) is 18.0 Å². The molecule has 0 spiro atoms. The number of nitrogens with zero attached hydrogens (tertiary/aromatic N) is 3. The number of carbonyl (C=O) groups excluding carboxylic acids is 2. The largest absolute Gasteiger partial charge is 0.325 e. The van der Waals surface area contributed by atoms with Gasteiger partial charge in [0.15, 0.2) is 0 Å². The number of amides is 2. The molecule has 3 rings (SSSR count). The van der Waals surface area contributed by atoms with E-state index in [4.69, 9.17) is 11.6 Å². The average Bonchev–Trinajstić information content (AvgIpc) is 2.63. The van der Waals surface area contributed by atoms with Crippen LogP contribution in [0, 0.1) is 10.1 Å². The number of piperazine rings is 1. The second-order valence-corrected chi connectivity index (χ2v) is 6.38. The minimum Gasteiger partial charge on any atom is -0.325 e. The van der Waals surface area contributed by atoms with Gasteiger partial charge in [-0.25, -0.2) is 0 Å². The van der Waals surface area contributed by atoms with Gasteiger partial charge in [0.2, 0.25) is 5.91 Å². The molecule has 8 heteroatoms. The average molecular weight is 374 g/mol. The molecule has 134 valence electrons. The molecule has 0 N–H and O–H groups in total. The highest BCUT2D eigenvalue weighted by atomic mass is 35.5. The van der Waals surface area contributed by atoms with Gasteiger partial charge in [0.05, 0.1) is 4.92 Å². The van der Waals surface area contributed by atoms with E-state index in [9.17, 15) is 19.7 Å². The van der Waals surface area contributed by atoms with Crippen LogP contribution in [0.4, 0.5) is 11.4 Å². The summed E-state index contributed by atoms with van der Waals surface area (Å²) in [5.74, 6) is -0.489. The lowest BCUT2D eigenvalue weighted by Crippen LogP contribution is -2.57. The SMILES string of the molecule is C[C@@H]1C(=O)N(c2ccc([N+](=O)[O-])cc2)CCN1C(=O)c1cccc(Cl)c1. The zero-order valence-electron chi connectivity index (χ0n) is 14.0. The molecule has 7 nitrogen and oxygen atoms in total. The highest BCUT2D eigenvalue weighted by molar-refractivity contribution is 6.31. The quantitative estimate of drug-likeness (QED) is 0.611. The summed E-state index contributed by atoms with van der Waals surface area (Å²) >= 11 is 5.94. The summed E-state index contributed by atoms with van der Waals surface area (Å²) in [6.07, 6.45) is 0. The number of benzene rings is 2. The molecule has 2 amide bonds. The van der Waals surface area contributed by atoms with E-state index in [0.29, 0.717) is 29.4 Å². The Bertz CT molecular complexity index is 869. The summed E-state index contributed by atoms with van der Waals surface area (Å²) in [6, 6.07) is 11.7. The van der Waals surface area contributed by atoms with E-state index < -0.39 is 11.0 Å². The Morgan fingerprint density at radius 1 is 1.19 bits per heavy atom. The van der Waals surface area contributed by atoms with E-state index in [2.05, 4.69) is 0 Å². The molecule has 1 fully saturated rings. The molecule has 0 saturated carbocycles. The molecule has 1 saturated heterocycles. The molecule has 2 aromatic rings. The number of anilines is 1. The third-order valence-electron chi connectivity index (χ3n) is 4.36. The lowest BCUT2D eigenvalue weighted by molar-refractivity contribution is -0.384. The highest BCUT2D eigenvalue weighted by Gasteiger charge is 2.35. The Balaban J connectivity index is 1.78. The van der Waals surface area contributed by atoms with Crippen molar-refractivity contribution in [1.82, 2.24) is 4.90 Å². The van der Waals surface area contributed by atoms with Gasteiger partial charge < -0.3 is 9.80 Å². The maximum Gasteiger partial charge on any atom is 0.269 e. The van der Waals surface area contributed by atoms with Crippen molar-refractivity contribution in [1.29, 1.82) is 0 Å². The summed E-state index contributed by atoms with van der Waals surface area (Å²) in [6.45, 7) is 2.34. The van der Waals surface area contributed by atoms with E-state index in [0.717, 1.165) is 0 Å². The molecule has 1 heterocycles. The van der Waals surface area contributed by atoms with Crippen molar-refractivity contribution in [3.8, 4) is 0 Å². The molecule has 2 aromatic carbocycles. The maximum absolute atomic E-state index is 12.7. The van der Waals surface area contributed by atoms with Crippen LogP contribution >= 0.6 is 11.6 Å². The zero-order chi connectivity index (χ0) is 18.8. The van der Waals surface area contributed by atoms with Crippen LogP contribution in [0.2, 0.25) is 5.02 Å². The summed E-state index contributed by atoms with van der Waals surface area (Å²) < 4.78 is 0. The topological polar surface area (TPSA) is 83.8 Å². The molecular weight excluding hydrogens is 358 g/mol. The van der Waals surface area contributed by atoms with Crippen molar-refractivity contribution in [3.63, 3.8) is 0 Å². The number of rotatable bonds is 3. The summed E-state index contributed by atoms with van der Waals surface area (Å²) in [4.78, 5) is 38.7. The lowest BCUT2D eigenvalue weighted by Gasteiger charge is -2.39. The Morgan fingerprint density at radius 3 is 2.50 bits per heavy atom. The third kappa shape index (κ3) is 3.39. The molecule has 1 aliphatic heterocycles. The molecule has 0 aromatic heterocycles. The lowest BCUT2D eigenvalue weighted by atomic mass is 10.1. The number of nitro groups is 1. The predicted octanol–water partition coefficient (Wildman–Crippen LogP) is 3.13. The standard InChI is InChI=1S/C18H16ClN3O4/c1-12-17(23)21(15-5-7-16(8-6-15)22(25)26)10-9-20(12)18(24)13-3-2-4-14(19)11-13/h2-8,11-12H,9-10H2,1H3/t12-/m1/s1. The molecule has 1 atom stereocenters. The highest BCUT2D eigenvalue weighted by Crippen LogP contribution is 2.24. The molecule has 0 aliphatic carbocycles. The van der Waals surface area contributed by atoms with Crippen molar-refractivity contribution >= 4 is 34.8 Å². The monoisotopic (exact) mass is 373 g/mol. The van der Waals surface area contributed by atoms with Gasteiger partial charge in [0, 0.05) is 41.5 Å². The van der Waals surface area contributed by atoms with Crippen molar-refractivity contribution in [2.24, 2.45) is 0 Å². The van der Waals surface area contributed by atoms with E-state index in [1.54, 1.807) is 31.2 Å². The van der Waals surface area contributed by atoms with E-state index in [1.165, 1.54) is 34.1 Å². The Labute approximate surface area is 154 Å². The minimum atomic E-state index is -0.648. The van der Waals surface area contributed by atoms with Crippen molar-refractivity contribution in [2.45, 2.75) is 13.0 Å². The van der Waals surface area contributed by atoms with Gasteiger partial charge in [0.25, 0.3) is 11.6 Å². The summed E-state index contributed by atoms with van der Waals surface area (Å²) in [7, 11) is 0. The predicted molar refractivity (Wildman–Crippen MR) is 97.4 cm³/mol. The van der Waals surface area contributed by atoms with Gasteiger partial charge >= 0.3 is 0 Å². The molecular formula is C18H16ClN3O4. The smallest absolute Gasteiger partial charge is 0.269 e. The number of carbonyl (C=O) groups is 2. The number of hydrogen-bond acceptors (Lipinski definition) is 4. The van der Waals surface area contributed by atoms with Gasteiger partial charge in [-0.3, -0.25) is 19.7 Å². The number of non-ortho nitro benzene ring substituents is 1. The van der Waals surface area contributed by atoms with Gasteiger partial charge in [0.1, 0.15) is 6.04 Å². The van der Waals surface area contributed by atoms with Crippen LogP contribution in [0.3, 0.4) is 0 Å². The Morgan fingerprint density at radius 2 is 1.88 bits per heavy atom. The van der Waals surface area contributed by atoms with Crippen LogP contribution in [0.15, 0.2) is 48.5 Å². The van der Waals surface area contributed by atoms with Crippen LogP contribution in [0.5, 0.6) is 0 Å². The Kier molecular flexibility index (Phi) is 4.90. The van der Waals surface area contributed by atoms with E-state index >= 15 is 0 Å². The van der Waals surface area contributed by atoms with Crippen LogP contribution in [-0.2, 0) is 4.79 Å². The van der Waals surface area contributed by atoms with Crippen molar-refractivity contribution in [3.05, 3.63) is 69.2 Å². The number of halogens is 1. The molecule has 0 bridgehead atoms. The fourth-order valence-electron chi connectivity index (χ4n) is 2.95. The van der Waals surface area contributed by atoms with Gasteiger partial charge in [-0.05, 0) is 37.3 Å². The third-order valence-corrected chi connectivity index (χ3v) is 4.60. The molecule has 1 aliphatic rings. The number of nitro benzene ring substituents is 1.